The van der Waals surface area contributed by atoms with Crippen LogP contribution in [0.15, 0.2) is 29.3 Å². The summed E-state index contributed by atoms with van der Waals surface area (Å²) in [6, 6.07) is 0. The molecule has 0 unspecified atom stereocenters. The van der Waals surface area contributed by atoms with Crippen LogP contribution in [0.1, 0.15) is 20.8 Å². The van der Waals surface area contributed by atoms with Gasteiger partial charge in [-0.2, -0.15) is 0 Å². The zero-order valence-electron chi connectivity index (χ0n) is 12.0. The number of hydrogen-bond acceptors (Lipinski definition) is 5. The van der Waals surface area contributed by atoms with E-state index in [1.54, 1.807) is 13.1 Å². The molecule has 0 saturated heterocycles. The third-order valence-electron chi connectivity index (χ3n) is 2.23. The van der Waals surface area contributed by atoms with Crippen molar-refractivity contribution in [2.24, 2.45) is 16.6 Å². The Labute approximate surface area is 115 Å². The number of hydrogen-bond donors (Lipinski definition) is 4. The van der Waals surface area contributed by atoms with E-state index in [-0.39, 0.29) is 12.3 Å². The minimum absolute atomic E-state index is 0.0309. The average Bonchev–Trinajstić information content (AvgIpc) is 2.38. The highest BCUT2D eigenvalue weighted by atomic mass is 16.3. The molecule has 0 aromatic rings. The Morgan fingerprint density at radius 2 is 2.21 bits per heavy atom. The van der Waals surface area contributed by atoms with Crippen molar-refractivity contribution in [3.8, 4) is 0 Å². The number of nitrogens with one attached hydrogen (secondary N) is 2. The molecule has 6 heteroatoms. The summed E-state index contributed by atoms with van der Waals surface area (Å²) in [5, 5.41) is 19.0. The lowest BCUT2D eigenvalue weighted by Crippen LogP contribution is -2.28. The molecule has 0 aromatic heterocycles. The molecule has 0 fully saturated rings. The molecule has 5 N–H and O–H groups in total. The highest BCUT2D eigenvalue weighted by molar-refractivity contribution is 5.82. The van der Waals surface area contributed by atoms with Gasteiger partial charge in [-0.15, -0.1) is 0 Å². The molecule has 6 nitrogen and oxygen atoms in total. The van der Waals surface area contributed by atoms with Gasteiger partial charge in [0.2, 0.25) is 0 Å². The Morgan fingerprint density at radius 1 is 1.58 bits per heavy atom. The van der Waals surface area contributed by atoms with Crippen LogP contribution in [0.4, 0.5) is 0 Å². The van der Waals surface area contributed by atoms with Crippen LogP contribution in [0.2, 0.25) is 0 Å². The number of rotatable bonds is 8. The summed E-state index contributed by atoms with van der Waals surface area (Å²) in [6.45, 7) is 10.9. The van der Waals surface area contributed by atoms with Crippen molar-refractivity contribution >= 4 is 12.1 Å². The van der Waals surface area contributed by atoms with E-state index in [0.717, 1.165) is 6.21 Å². The number of aliphatic hydroxyl groups is 1. The van der Waals surface area contributed by atoms with E-state index >= 15 is 0 Å². The van der Waals surface area contributed by atoms with Crippen LogP contribution < -0.4 is 11.1 Å². The lowest BCUT2D eigenvalue weighted by Gasteiger charge is -2.23. The molecule has 0 amide bonds. The van der Waals surface area contributed by atoms with E-state index < -0.39 is 0 Å². The fourth-order valence-corrected chi connectivity index (χ4v) is 1.44. The van der Waals surface area contributed by atoms with Gasteiger partial charge < -0.3 is 26.5 Å². The van der Waals surface area contributed by atoms with Crippen LogP contribution in [0.25, 0.3) is 0 Å². The van der Waals surface area contributed by atoms with Crippen LogP contribution in [-0.4, -0.2) is 41.8 Å². The van der Waals surface area contributed by atoms with Crippen molar-refractivity contribution in [3.63, 3.8) is 0 Å². The first-order chi connectivity index (χ1) is 8.96. The largest absolute Gasteiger partial charge is 0.395 e. The normalized spacial score (nSPS) is 13.0. The summed E-state index contributed by atoms with van der Waals surface area (Å²) in [5.41, 5.74) is 6.08. The van der Waals surface area contributed by atoms with E-state index in [1.165, 1.54) is 0 Å². The Balaban J connectivity index is 5.22. The zero-order chi connectivity index (χ0) is 14.8. The molecule has 0 spiro atoms. The predicted molar refractivity (Wildman–Crippen MR) is 79.9 cm³/mol. The quantitative estimate of drug-likeness (QED) is 0.387. The van der Waals surface area contributed by atoms with E-state index in [2.05, 4.69) is 30.7 Å². The molecule has 0 heterocycles. The average molecular weight is 267 g/mol. The van der Waals surface area contributed by atoms with Crippen LogP contribution >= 0.6 is 0 Å². The van der Waals surface area contributed by atoms with E-state index in [9.17, 15) is 0 Å². The monoisotopic (exact) mass is 267 g/mol. The lowest BCUT2D eigenvalue weighted by molar-refractivity contribution is 0.300. The Hall–Kier alpha value is -1.82. The van der Waals surface area contributed by atoms with Gasteiger partial charge in [-0.05, 0) is 19.0 Å². The Morgan fingerprint density at radius 3 is 2.63 bits per heavy atom. The first-order valence-corrected chi connectivity index (χ1v) is 6.25. The first kappa shape index (κ1) is 17.2. The smallest absolute Gasteiger partial charge is 0.159 e. The van der Waals surface area contributed by atoms with Crippen LogP contribution in [0.5, 0.6) is 0 Å². The van der Waals surface area contributed by atoms with Crippen molar-refractivity contribution in [1.29, 1.82) is 5.41 Å². The number of amidine groups is 1. The van der Waals surface area contributed by atoms with Crippen molar-refractivity contribution < 1.29 is 5.11 Å². The molecule has 0 rings (SSSR count). The maximum atomic E-state index is 8.76. The van der Waals surface area contributed by atoms with E-state index in [4.69, 9.17) is 16.2 Å². The third-order valence-corrected chi connectivity index (χ3v) is 2.23. The van der Waals surface area contributed by atoms with E-state index in [0.29, 0.717) is 30.7 Å². The molecule has 0 bridgehead atoms. The maximum absolute atomic E-state index is 8.76. The number of aliphatic hydroxyl groups excluding tert-OH is 1. The SMILES string of the molecule is C=CN(CC(C)C)C(/N=C(\C)NCCO)=C(\N)C=N. The van der Waals surface area contributed by atoms with Crippen molar-refractivity contribution in [2.45, 2.75) is 20.8 Å². The molecular formula is C13H25N5O. The van der Waals surface area contributed by atoms with Gasteiger partial charge in [0.15, 0.2) is 5.82 Å². The zero-order valence-corrected chi connectivity index (χ0v) is 12.0. The van der Waals surface area contributed by atoms with Gasteiger partial charge in [-0.3, -0.25) is 0 Å². The molecule has 19 heavy (non-hydrogen) atoms. The van der Waals surface area contributed by atoms with E-state index in [1.807, 2.05) is 4.90 Å². The summed E-state index contributed by atoms with van der Waals surface area (Å²) in [7, 11) is 0. The van der Waals surface area contributed by atoms with Gasteiger partial charge in [0.05, 0.1) is 12.3 Å². The van der Waals surface area contributed by atoms with Gasteiger partial charge in [0, 0.05) is 19.3 Å². The van der Waals surface area contributed by atoms with Crippen molar-refractivity contribution in [1.82, 2.24) is 10.2 Å². The number of nitrogens with two attached hydrogens (primary N) is 1. The topological polar surface area (TPSA) is 97.7 Å². The second kappa shape index (κ2) is 9.16. The molecule has 0 radical (unpaired) electrons. The molecule has 0 aliphatic carbocycles. The molecule has 0 aliphatic rings. The molecule has 0 atom stereocenters. The summed E-state index contributed by atoms with van der Waals surface area (Å²) in [4.78, 5) is 6.18. The molecular weight excluding hydrogens is 242 g/mol. The van der Waals surface area contributed by atoms with Gasteiger partial charge >= 0.3 is 0 Å². The van der Waals surface area contributed by atoms with Crippen LogP contribution in [0.3, 0.4) is 0 Å². The van der Waals surface area contributed by atoms with Crippen molar-refractivity contribution in [3.05, 3.63) is 24.3 Å². The van der Waals surface area contributed by atoms with Gasteiger partial charge in [-0.25, -0.2) is 4.99 Å². The highest BCUT2D eigenvalue weighted by Gasteiger charge is 2.11. The van der Waals surface area contributed by atoms with Gasteiger partial charge in [-0.1, -0.05) is 20.4 Å². The molecule has 0 saturated carbocycles. The minimum atomic E-state index is 0.0309. The number of aliphatic imine (C=N–C) groups is 1. The molecule has 0 aromatic carbocycles. The minimum Gasteiger partial charge on any atom is -0.395 e. The third kappa shape index (κ3) is 6.61. The van der Waals surface area contributed by atoms with Crippen LogP contribution in [-0.2, 0) is 0 Å². The van der Waals surface area contributed by atoms with Gasteiger partial charge in [0.1, 0.15) is 5.84 Å². The Bertz CT molecular complexity index is 360. The Kier molecular flexibility index (Phi) is 8.28. The molecule has 0 aliphatic heterocycles. The second-order valence-electron chi connectivity index (χ2n) is 4.50. The van der Waals surface area contributed by atoms with Crippen LogP contribution in [0, 0.1) is 11.3 Å². The lowest BCUT2D eigenvalue weighted by atomic mass is 10.2. The molecule has 108 valence electrons. The standard InChI is InChI=1S/C13H25N5O/c1-5-18(9-10(2)3)13(12(15)8-14)17-11(4)16-6-7-19/h5,8,10,14,19H,1,6-7,9,15H2,2-4H3,(H,16,17)/b13-12-,14-8?. The predicted octanol–water partition coefficient (Wildman–Crippen LogP) is 0.866. The van der Waals surface area contributed by atoms with Gasteiger partial charge in [0.25, 0.3) is 0 Å². The first-order valence-electron chi connectivity index (χ1n) is 6.25. The fourth-order valence-electron chi connectivity index (χ4n) is 1.44. The highest BCUT2D eigenvalue weighted by Crippen LogP contribution is 2.12. The summed E-state index contributed by atoms with van der Waals surface area (Å²) >= 11 is 0. The summed E-state index contributed by atoms with van der Waals surface area (Å²) < 4.78 is 0. The number of allylic oxidation sites excluding steroid dienone is 1. The summed E-state index contributed by atoms with van der Waals surface area (Å²) in [6.07, 6.45) is 2.71. The fraction of sp³-hybridized carbons (Fsp3) is 0.538. The maximum Gasteiger partial charge on any atom is 0.159 e. The number of nitrogens with zero attached hydrogens (tertiary/aromatic N) is 2. The summed E-state index contributed by atoms with van der Waals surface area (Å²) in [5.74, 6) is 1.53. The second-order valence-corrected chi connectivity index (χ2v) is 4.50. The van der Waals surface area contributed by atoms with Crippen molar-refractivity contribution in [2.75, 3.05) is 19.7 Å².